The molecule has 0 bridgehead atoms. The molecule has 0 N–H and O–H groups in total. The molecule has 3 heterocycles. The number of ether oxygens (including phenoxy) is 2. The molecule has 0 unspecified atom stereocenters. The summed E-state index contributed by atoms with van der Waals surface area (Å²) in [5.74, 6) is 1.04. The summed E-state index contributed by atoms with van der Waals surface area (Å²) in [6, 6.07) is 8.77. The van der Waals surface area contributed by atoms with E-state index < -0.39 is 0 Å². The predicted molar refractivity (Wildman–Crippen MR) is 102 cm³/mol. The van der Waals surface area contributed by atoms with Gasteiger partial charge in [0.25, 0.3) is 11.8 Å². The first-order valence-corrected chi connectivity index (χ1v) is 9.24. The van der Waals surface area contributed by atoms with E-state index in [0.717, 1.165) is 25.9 Å². The van der Waals surface area contributed by atoms with Crippen LogP contribution in [-0.4, -0.2) is 48.9 Å². The second-order valence-electron chi connectivity index (χ2n) is 6.76. The molecule has 2 aromatic rings. The average molecular weight is 382 g/mol. The van der Waals surface area contributed by atoms with Crippen LogP contribution in [0.25, 0.3) is 5.57 Å². The molecule has 146 valence electrons. The smallest absolute Gasteiger partial charge is 0.278 e. The van der Waals surface area contributed by atoms with Crippen molar-refractivity contribution in [1.82, 2.24) is 9.80 Å². The van der Waals surface area contributed by atoms with E-state index in [2.05, 4.69) is 0 Å². The number of likely N-dealkylation sites (tertiary alicyclic amines) is 1. The number of rotatable bonds is 6. The third-order valence-corrected chi connectivity index (χ3v) is 5.13. The highest BCUT2D eigenvalue weighted by Crippen LogP contribution is 2.37. The van der Waals surface area contributed by atoms with Gasteiger partial charge < -0.3 is 18.8 Å². The molecular weight excluding hydrogens is 360 g/mol. The lowest BCUT2D eigenvalue weighted by atomic mass is 10.0. The van der Waals surface area contributed by atoms with Gasteiger partial charge in [0.1, 0.15) is 11.5 Å². The minimum atomic E-state index is -0.324. The highest BCUT2D eigenvalue weighted by atomic mass is 16.5. The van der Waals surface area contributed by atoms with Gasteiger partial charge in [-0.05, 0) is 42.7 Å². The highest BCUT2D eigenvalue weighted by Gasteiger charge is 2.42. The van der Waals surface area contributed by atoms with Crippen LogP contribution in [0.5, 0.6) is 11.5 Å². The van der Waals surface area contributed by atoms with E-state index in [1.165, 1.54) is 11.2 Å². The van der Waals surface area contributed by atoms with Gasteiger partial charge in [0.05, 0.1) is 32.6 Å². The normalized spacial score (nSPS) is 17.1. The lowest BCUT2D eigenvalue weighted by molar-refractivity contribution is -0.138. The molecule has 28 heavy (non-hydrogen) atoms. The lowest BCUT2D eigenvalue weighted by Gasteiger charge is -2.20. The maximum atomic E-state index is 13.3. The van der Waals surface area contributed by atoms with Gasteiger partial charge >= 0.3 is 0 Å². The number of hydrogen-bond donors (Lipinski definition) is 0. The maximum Gasteiger partial charge on any atom is 0.278 e. The van der Waals surface area contributed by atoms with Crippen molar-refractivity contribution in [2.45, 2.75) is 19.4 Å². The van der Waals surface area contributed by atoms with Gasteiger partial charge in [0.2, 0.25) is 0 Å². The molecular formula is C21H22N2O5. The zero-order valence-electron chi connectivity index (χ0n) is 15.9. The van der Waals surface area contributed by atoms with E-state index >= 15 is 0 Å². The Morgan fingerprint density at radius 2 is 1.75 bits per heavy atom. The fraction of sp³-hybridized carbons (Fsp3) is 0.333. The van der Waals surface area contributed by atoms with Gasteiger partial charge in [-0.3, -0.25) is 14.5 Å². The number of imide groups is 1. The van der Waals surface area contributed by atoms with Gasteiger partial charge in [0, 0.05) is 13.1 Å². The second-order valence-corrected chi connectivity index (χ2v) is 6.76. The minimum absolute atomic E-state index is 0.110. The zero-order chi connectivity index (χ0) is 19.7. The van der Waals surface area contributed by atoms with Gasteiger partial charge in [0.15, 0.2) is 11.5 Å². The summed E-state index contributed by atoms with van der Waals surface area (Å²) in [7, 11) is 3.10. The number of carbonyl (C=O) groups is 2. The number of benzene rings is 1. The molecule has 1 aromatic heterocycles. The van der Waals surface area contributed by atoms with E-state index in [-0.39, 0.29) is 18.4 Å². The molecule has 0 spiro atoms. The number of amides is 2. The Labute approximate surface area is 163 Å². The number of hydrogen-bond acceptors (Lipinski definition) is 6. The van der Waals surface area contributed by atoms with Crippen LogP contribution in [0.15, 0.2) is 46.7 Å². The molecule has 2 amide bonds. The van der Waals surface area contributed by atoms with Crippen molar-refractivity contribution in [3.8, 4) is 11.5 Å². The Morgan fingerprint density at radius 1 is 1.00 bits per heavy atom. The summed E-state index contributed by atoms with van der Waals surface area (Å²) in [6.45, 7) is 1.64. The van der Waals surface area contributed by atoms with Crippen LogP contribution in [0.2, 0.25) is 0 Å². The fourth-order valence-corrected chi connectivity index (χ4v) is 3.75. The SMILES string of the molecule is COc1ccc(C2=C(N3CCCC3)C(=O)N(Cc3ccco3)C2=O)cc1OC. The molecule has 4 rings (SSSR count). The minimum Gasteiger partial charge on any atom is -0.493 e. The monoisotopic (exact) mass is 382 g/mol. The van der Waals surface area contributed by atoms with Gasteiger partial charge in [-0.2, -0.15) is 0 Å². The van der Waals surface area contributed by atoms with Crippen LogP contribution in [0.1, 0.15) is 24.2 Å². The number of carbonyl (C=O) groups excluding carboxylic acids is 2. The van der Waals surface area contributed by atoms with Crippen molar-refractivity contribution in [1.29, 1.82) is 0 Å². The molecule has 1 fully saturated rings. The molecule has 0 aliphatic carbocycles. The Kier molecular flexibility index (Phi) is 4.81. The zero-order valence-corrected chi connectivity index (χ0v) is 15.9. The highest BCUT2D eigenvalue weighted by molar-refractivity contribution is 6.35. The van der Waals surface area contributed by atoms with E-state index in [1.54, 1.807) is 44.6 Å². The predicted octanol–water partition coefficient (Wildman–Crippen LogP) is 2.67. The number of furan rings is 1. The summed E-state index contributed by atoms with van der Waals surface area (Å²) < 4.78 is 16.0. The summed E-state index contributed by atoms with van der Waals surface area (Å²) in [4.78, 5) is 29.7. The Bertz CT molecular complexity index is 926. The van der Waals surface area contributed by atoms with E-state index in [0.29, 0.717) is 34.1 Å². The standard InChI is InChI=1S/C21H22N2O5/c1-26-16-8-7-14(12-17(16)27-2)18-19(22-9-3-4-10-22)21(25)23(20(18)24)13-15-6-5-11-28-15/h5-8,11-12H,3-4,9-10,13H2,1-2H3. The first-order valence-electron chi connectivity index (χ1n) is 9.24. The summed E-state index contributed by atoms with van der Waals surface area (Å²) >= 11 is 0. The largest absolute Gasteiger partial charge is 0.493 e. The Balaban J connectivity index is 1.78. The van der Waals surface area contributed by atoms with Crippen molar-refractivity contribution >= 4 is 17.4 Å². The number of nitrogens with zero attached hydrogens (tertiary/aromatic N) is 2. The maximum absolute atomic E-state index is 13.3. The van der Waals surface area contributed by atoms with Gasteiger partial charge in [-0.25, -0.2) is 0 Å². The number of methoxy groups -OCH3 is 2. The molecule has 7 nitrogen and oxygen atoms in total. The summed E-state index contributed by atoms with van der Waals surface area (Å²) in [6.07, 6.45) is 3.54. The molecule has 0 radical (unpaired) electrons. The van der Waals surface area contributed by atoms with Crippen LogP contribution in [0.4, 0.5) is 0 Å². The average Bonchev–Trinajstić information content (AvgIpc) is 3.46. The van der Waals surface area contributed by atoms with Crippen molar-refractivity contribution in [2.24, 2.45) is 0 Å². The van der Waals surface area contributed by atoms with Crippen molar-refractivity contribution in [2.75, 3.05) is 27.3 Å². The Morgan fingerprint density at radius 3 is 2.39 bits per heavy atom. The molecule has 2 aliphatic rings. The van der Waals surface area contributed by atoms with Gasteiger partial charge in [-0.15, -0.1) is 0 Å². The molecule has 0 atom stereocenters. The first kappa shape index (κ1) is 18.2. The van der Waals surface area contributed by atoms with Crippen LogP contribution in [-0.2, 0) is 16.1 Å². The Hall–Kier alpha value is -3.22. The van der Waals surface area contributed by atoms with E-state index in [4.69, 9.17) is 13.9 Å². The van der Waals surface area contributed by atoms with Crippen molar-refractivity contribution in [3.05, 3.63) is 53.6 Å². The van der Waals surface area contributed by atoms with Crippen molar-refractivity contribution < 1.29 is 23.5 Å². The summed E-state index contributed by atoms with van der Waals surface area (Å²) in [5.41, 5.74) is 1.50. The van der Waals surface area contributed by atoms with E-state index in [1.807, 2.05) is 4.90 Å². The van der Waals surface area contributed by atoms with Gasteiger partial charge in [-0.1, -0.05) is 6.07 Å². The van der Waals surface area contributed by atoms with Crippen molar-refractivity contribution in [3.63, 3.8) is 0 Å². The fourth-order valence-electron chi connectivity index (χ4n) is 3.75. The quantitative estimate of drug-likeness (QED) is 0.716. The third-order valence-electron chi connectivity index (χ3n) is 5.13. The van der Waals surface area contributed by atoms with Crippen LogP contribution >= 0.6 is 0 Å². The summed E-state index contributed by atoms with van der Waals surface area (Å²) in [5, 5.41) is 0. The topological polar surface area (TPSA) is 72.2 Å². The van der Waals surface area contributed by atoms with Crippen LogP contribution in [0, 0.1) is 0 Å². The van der Waals surface area contributed by atoms with Crippen LogP contribution < -0.4 is 9.47 Å². The molecule has 0 saturated carbocycles. The third kappa shape index (κ3) is 3.02. The molecule has 7 heteroatoms. The molecule has 2 aliphatic heterocycles. The van der Waals surface area contributed by atoms with Crippen LogP contribution in [0.3, 0.4) is 0 Å². The first-order chi connectivity index (χ1) is 13.6. The van der Waals surface area contributed by atoms with E-state index in [9.17, 15) is 9.59 Å². The molecule has 1 aromatic carbocycles. The second kappa shape index (κ2) is 7.42. The molecule has 1 saturated heterocycles. The lowest BCUT2D eigenvalue weighted by Crippen LogP contribution is -2.33.